The number of hydrogen-bond donors (Lipinski definition) is 0. The van der Waals surface area contributed by atoms with E-state index in [2.05, 4.69) is 9.80 Å². The molecule has 0 unspecified atom stereocenters. The lowest BCUT2D eigenvalue weighted by atomic mass is 10.3. The third-order valence-corrected chi connectivity index (χ3v) is 5.22. The number of nitrogens with zero attached hydrogens (tertiary/aromatic N) is 2. The molecule has 0 rings (SSSR count). The van der Waals surface area contributed by atoms with Crippen LogP contribution in [-0.2, 0) is 9.84 Å². The first-order chi connectivity index (χ1) is 12.0. The molecule has 25 heavy (non-hydrogen) atoms. The van der Waals surface area contributed by atoms with Gasteiger partial charge in [0.2, 0.25) is 0 Å². The van der Waals surface area contributed by atoms with E-state index in [4.69, 9.17) is 46.4 Å². The van der Waals surface area contributed by atoms with Crippen molar-refractivity contribution in [2.24, 2.45) is 0 Å². The van der Waals surface area contributed by atoms with Crippen LogP contribution in [0.3, 0.4) is 0 Å². The summed E-state index contributed by atoms with van der Waals surface area (Å²) in [5.41, 5.74) is 0. The van der Waals surface area contributed by atoms with Gasteiger partial charge in [-0.1, -0.05) is 12.2 Å². The van der Waals surface area contributed by atoms with E-state index >= 15 is 0 Å². The maximum atomic E-state index is 11.9. The second-order valence-electron chi connectivity index (χ2n) is 5.35. The SMILES string of the molecule is O=S(=O)(C=CCCN(CCCl)CCCl)C=CCCN(CCCl)CCCl. The maximum Gasteiger partial charge on any atom is 0.192 e. The second kappa shape index (κ2) is 16.7. The Kier molecular flexibility index (Phi) is 17.0. The van der Waals surface area contributed by atoms with Gasteiger partial charge in [-0.3, -0.25) is 0 Å². The molecule has 0 amide bonds. The van der Waals surface area contributed by atoms with Gasteiger partial charge < -0.3 is 9.80 Å². The van der Waals surface area contributed by atoms with Crippen molar-refractivity contribution >= 4 is 56.2 Å². The molecule has 0 aliphatic heterocycles. The van der Waals surface area contributed by atoms with Gasteiger partial charge in [-0.05, 0) is 12.8 Å². The fraction of sp³-hybridized carbons (Fsp3) is 0.750. The van der Waals surface area contributed by atoms with E-state index in [1.807, 2.05) is 0 Å². The molecule has 0 aromatic carbocycles. The van der Waals surface area contributed by atoms with Crippen LogP contribution in [0.1, 0.15) is 12.8 Å². The highest BCUT2D eigenvalue weighted by Gasteiger charge is 2.04. The molecule has 148 valence electrons. The Morgan fingerprint density at radius 2 is 0.920 bits per heavy atom. The molecule has 0 heterocycles. The van der Waals surface area contributed by atoms with Crippen molar-refractivity contribution in [3.8, 4) is 0 Å². The molecule has 4 nitrogen and oxygen atoms in total. The molecule has 0 bridgehead atoms. The molecule has 0 aromatic rings. The molecule has 9 heteroatoms. The number of halogens is 4. The molecule has 0 aliphatic rings. The van der Waals surface area contributed by atoms with Gasteiger partial charge in [-0.2, -0.15) is 0 Å². The summed E-state index contributed by atoms with van der Waals surface area (Å²) in [5.74, 6) is 2.14. The largest absolute Gasteiger partial charge is 0.301 e. The quantitative estimate of drug-likeness (QED) is 0.333. The van der Waals surface area contributed by atoms with Gasteiger partial charge >= 0.3 is 0 Å². The van der Waals surface area contributed by atoms with Gasteiger partial charge in [0.05, 0.1) is 0 Å². The Balaban J connectivity index is 4.24. The predicted octanol–water partition coefficient (Wildman–Crippen LogP) is 3.77. The molecular formula is C16H28Cl4N2O2S. The number of rotatable bonds is 16. The zero-order valence-electron chi connectivity index (χ0n) is 14.4. The molecule has 0 fully saturated rings. The third kappa shape index (κ3) is 15.3. The second-order valence-corrected chi connectivity index (χ2v) is 8.58. The highest BCUT2D eigenvalue weighted by molar-refractivity contribution is 7.97. The summed E-state index contributed by atoms with van der Waals surface area (Å²) in [6, 6.07) is 0. The van der Waals surface area contributed by atoms with E-state index in [-0.39, 0.29) is 0 Å². The van der Waals surface area contributed by atoms with Gasteiger partial charge in [0.25, 0.3) is 0 Å². The average Bonchev–Trinajstić information content (AvgIpc) is 2.56. The van der Waals surface area contributed by atoms with Crippen LogP contribution in [0.15, 0.2) is 23.0 Å². The topological polar surface area (TPSA) is 40.6 Å². The lowest BCUT2D eigenvalue weighted by molar-refractivity contribution is 0.313. The Bertz CT molecular complexity index is 425. The van der Waals surface area contributed by atoms with Crippen molar-refractivity contribution in [1.82, 2.24) is 9.80 Å². The molecule has 0 N–H and O–H groups in total. The predicted molar refractivity (Wildman–Crippen MR) is 112 cm³/mol. The van der Waals surface area contributed by atoms with Crippen LogP contribution in [0.25, 0.3) is 0 Å². The van der Waals surface area contributed by atoms with Crippen molar-refractivity contribution < 1.29 is 8.42 Å². The van der Waals surface area contributed by atoms with Gasteiger partial charge in [0, 0.05) is 73.6 Å². The number of alkyl halides is 4. The fourth-order valence-electron chi connectivity index (χ4n) is 2.11. The smallest absolute Gasteiger partial charge is 0.192 e. The first-order valence-electron chi connectivity index (χ1n) is 8.25. The lowest BCUT2D eigenvalue weighted by Gasteiger charge is -2.18. The molecule has 0 saturated heterocycles. The van der Waals surface area contributed by atoms with Crippen LogP contribution in [0.5, 0.6) is 0 Å². The van der Waals surface area contributed by atoms with Crippen LogP contribution in [0, 0.1) is 0 Å². The third-order valence-electron chi connectivity index (χ3n) is 3.40. The molecule has 0 aliphatic carbocycles. The molecule has 0 aromatic heterocycles. The van der Waals surface area contributed by atoms with Crippen molar-refractivity contribution in [2.45, 2.75) is 12.8 Å². The zero-order chi connectivity index (χ0) is 19.0. The van der Waals surface area contributed by atoms with Gasteiger partial charge in [-0.25, -0.2) is 8.42 Å². The first kappa shape index (κ1) is 25.5. The van der Waals surface area contributed by atoms with Gasteiger partial charge in [0.15, 0.2) is 9.84 Å². The van der Waals surface area contributed by atoms with Crippen LogP contribution in [-0.4, -0.2) is 81.0 Å². The fourth-order valence-corrected chi connectivity index (χ4v) is 3.97. The highest BCUT2D eigenvalue weighted by Crippen LogP contribution is 2.02. The van der Waals surface area contributed by atoms with E-state index in [0.717, 1.165) is 39.3 Å². The Morgan fingerprint density at radius 3 is 1.20 bits per heavy atom. The van der Waals surface area contributed by atoms with Crippen molar-refractivity contribution in [3.63, 3.8) is 0 Å². The standard InChI is InChI=1S/C16H28Cl4N2O2S/c17-5-11-21(12-6-18)9-1-3-15-25(23,24)16-4-2-10-22(13-7-19)14-8-20/h3-4,15-16H,1-2,5-14H2. The minimum Gasteiger partial charge on any atom is -0.301 e. The monoisotopic (exact) mass is 452 g/mol. The Labute approximate surface area is 172 Å². The molecule has 0 radical (unpaired) electrons. The van der Waals surface area contributed by atoms with Crippen LogP contribution < -0.4 is 0 Å². The normalized spacial score (nSPS) is 13.0. The Hall–Kier alpha value is 0.510. The summed E-state index contributed by atoms with van der Waals surface area (Å²) >= 11 is 22.9. The summed E-state index contributed by atoms with van der Waals surface area (Å²) in [5, 5.41) is 2.50. The number of sulfone groups is 1. The van der Waals surface area contributed by atoms with E-state index < -0.39 is 9.84 Å². The summed E-state index contributed by atoms with van der Waals surface area (Å²) in [6.45, 7) is 4.46. The van der Waals surface area contributed by atoms with E-state index in [0.29, 0.717) is 36.4 Å². The van der Waals surface area contributed by atoms with Crippen molar-refractivity contribution in [3.05, 3.63) is 23.0 Å². The Morgan fingerprint density at radius 1 is 0.600 bits per heavy atom. The van der Waals surface area contributed by atoms with Crippen molar-refractivity contribution in [2.75, 3.05) is 62.8 Å². The van der Waals surface area contributed by atoms with E-state index in [1.165, 1.54) is 10.8 Å². The molecule has 0 atom stereocenters. The highest BCUT2D eigenvalue weighted by atomic mass is 35.5. The van der Waals surface area contributed by atoms with Crippen LogP contribution in [0.2, 0.25) is 0 Å². The summed E-state index contributed by atoms with van der Waals surface area (Å²) < 4.78 is 23.9. The minimum absolute atomic E-state index is 0.534. The number of hydrogen-bond acceptors (Lipinski definition) is 4. The summed E-state index contributed by atoms with van der Waals surface area (Å²) in [7, 11) is -3.33. The minimum atomic E-state index is -3.33. The molecule has 0 spiro atoms. The maximum absolute atomic E-state index is 11.9. The van der Waals surface area contributed by atoms with Gasteiger partial charge in [-0.15, -0.1) is 46.4 Å². The van der Waals surface area contributed by atoms with Crippen molar-refractivity contribution in [1.29, 1.82) is 0 Å². The first-order valence-corrected chi connectivity index (χ1v) is 12.0. The average molecular weight is 454 g/mol. The summed E-state index contributed by atoms with van der Waals surface area (Å²) in [4.78, 5) is 4.21. The zero-order valence-corrected chi connectivity index (χ0v) is 18.3. The van der Waals surface area contributed by atoms with E-state index in [1.54, 1.807) is 12.2 Å². The lowest BCUT2D eigenvalue weighted by Crippen LogP contribution is -2.28. The summed E-state index contributed by atoms with van der Waals surface area (Å²) in [6.07, 6.45) is 4.62. The molecular weight excluding hydrogens is 426 g/mol. The van der Waals surface area contributed by atoms with Crippen LogP contribution >= 0.6 is 46.4 Å². The molecule has 0 saturated carbocycles. The van der Waals surface area contributed by atoms with Gasteiger partial charge in [0.1, 0.15) is 0 Å². The van der Waals surface area contributed by atoms with Crippen LogP contribution in [0.4, 0.5) is 0 Å². The van der Waals surface area contributed by atoms with E-state index in [9.17, 15) is 8.42 Å².